The van der Waals surface area contributed by atoms with Gasteiger partial charge in [0.15, 0.2) is 0 Å². The minimum atomic E-state index is -1.13. The molecule has 0 aliphatic heterocycles. The molecule has 0 aromatic rings. The van der Waals surface area contributed by atoms with Crippen LogP contribution in [0.4, 0.5) is 0 Å². The van der Waals surface area contributed by atoms with Gasteiger partial charge in [0.2, 0.25) is 0 Å². The summed E-state index contributed by atoms with van der Waals surface area (Å²) in [5.74, 6) is -1.74. The number of aliphatic carboxylic acids is 2. The summed E-state index contributed by atoms with van der Waals surface area (Å²) in [5.41, 5.74) is 3.88. The molecule has 0 bridgehead atoms. The standard InChI is InChI=1S/C13H22N2O4/c14-12(10(16)17)7-3-9(4-8-12)15-13(11(18)19)5-1-2-6-13/h9,15H,1-8,14H2,(H,16,17)(H,18,19). The fourth-order valence-corrected chi connectivity index (χ4v) is 3.28. The van der Waals surface area contributed by atoms with E-state index in [0.717, 1.165) is 12.8 Å². The fraction of sp³-hybridized carbons (Fsp3) is 0.846. The van der Waals surface area contributed by atoms with Crippen molar-refractivity contribution in [3.63, 3.8) is 0 Å². The highest BCUT2D eigenvalue weighted by atomic mass is 16.4. The van der Waals surface area contributed by atoms with Crippen LogP contribution < -0.4 is 11.1 Å². The minimum Gasteiger partial charge on any atom is -0.480 e. The predicted molar refractivity (Wildman–Crippen MR) is 68.8 cm³/mol. The Morgan fingerprint density at radius 1 is 1.00 bits per heavy atom. The first-order chi connectivity index (χ1) is 8.88. The minimum absolute atomic E-state index is 0.0604. The topological polar surface area (TPSA) is 113 Å². The number of nitrogens with one attached hydrogen (secondary N) is 1. The van der Waals surface area contributed by atoms with E-state index >= 15 is 0 Å². The van der Waals surface area contributed by atoms with Crippen molar-refractivity contribution in [2.45, 2.75) is 68.5 Å². The molecule has 2 aliphatic rings. The maximum atomic E-state index is 11.5. The summed E-state index contributed by atoms with van der Waals surface area (Å²) in [6.45, 7) is 0. The maximum absolute atomic E-state index is 11.5. The first-order valence-electron chi connectivity index (χ1n) is 6.91. The lowest BCUT2D eigenvalue weighted by Crippen LogP contribution is -2.58. The van der Waals surface area contributed by atoms with Crippen molar-refractivity contribution in [2.24, 2.45) is 5.73 Å². The van der Waals surface area contributed by atoms with Gasteiger partial charge in [-0.05, 0) is 38.5 Å². The van der Waals surface area contributed by atoms with Crippen molar-refractivity contribution in [1.82, 2.24) is 5.32 Å². The van der Waals surface area contributed by atoms with Crippen LogP contribution >= 0.6 is 0 Å². The number of hydrogen-bond donors (Lipinski definition) is 4. The highest BCUT2D eigenvalue weighted by molar-refractivity contribution is 5.79. The first-order valence-corrected chi connectivity index (χ1v) is 6.91. The Hall–Kier alpha value is -1.14. The van der Waals surface area contributed by atoms with E-state index in [1.54, 1.807) is 0 Å². The molecular weight excluding hydrogens is 248 g/mol. The first kappa shape index (κ1) is 14.3. The van der Waals surface area contributed by atoms with E-state index in [0.29, 0.717) is 38.5 Å². The van der Waals surface area contributed by atoms with Crippen LogP contribution in [0, 0.1) is 0 Å². The van der Waals surface area contributed by atoms with Crippen molar-refractivity contribution in [3.8, 4) is 0 Å². The molecule has 0 radical (unpaired) electrons. The number of carbonyl (C=O) groups is 2. The van der Waals surface area contributed by atoms with Gasteiger partial charge in [0.25, 0.3) is 0 Å². The number of nitrogens with two attached hydrogens (primary N) is 1. The molecule has 0 heterocycles. The molecule has 6 nitrogen and oxygen atoms in total. The van der Waals surface area contributed by atoms with Crippen molar-refractivity contribution >= 4 is 11.9 Å². The second kappa shape index (κ2) is 5.09. The Balaban J connectivity index is 1.95. The number of hydrogen-bond acceptors (Lipinski definition) is 4. The number of carboxylic acid groups (broad SMARTS) is 2. The van der Waals surface area contributed by atoms with Crippen LogP contribution in [0.5, 0.6) is 0 Å². The van der Waals surface area contributed by atoms with Gasteiger partial charge in [0, 0.05) is 6.04 Å². The molecule has 2 fully saturated rings. The second-order valence-electron chi connectivity index (χ2n) is 5.97. The second-order valence-corrected chi connectivity index (χ2v) is 5.97. The zero-order chi connectivity index (χ0) is 14.1. The highest BCUT2D eigenvalue weighted by Gasteiger charge is 2.45. The lowest BCUT2D eigenvalue weighted by atomic mass is 9.79. The summed E-state index contributed by atoms with van der Waals surface area (Å²) >= 11 is 0. The van der Waals surface area contributed by atoms with E-state index < -0.39 is 23.0 Å². The molecule has 2 rings (SSSR count). The zero-order valence-electron chi connectivity index (χ0n) is 11.0. The van der Waals surface area contributed by atoms with Gasteiger partial charge in [-0.2, -0.15) is 0 Å². The Morgan fingerprint density at radius 2 is 1.53 bits per heavy atom. The Bertz CT molecular complexity index is 369. The third-order valence-corrected chi connectivity index (χ3v) is 4.65. The van der Waals surface area contributed by atoms with Crippen LogP contribution in [0.2, 0.25) is 0 Å². The molecular formula is C13H22N2O4. The Morgan fingerprint density at radius 3 is 1.95 bits per heavy atom. The van der Waals surface area contributed by atoms with Gasteiger partial charge >= 0.3 is 11.9 Å². The summed E-state index contributed by atoms with van der Waals surface area (Å²) in [5, 5.41) is 21.7. The molecule has 2 saturated carbocycles. The molecule has 0 atom stereocenters. The van der Waals surface area contributed by atoms with E-state index in [1.807, 2.05) is 0 Å². The molecule has 0 aromatic heterocycles. The predicted octanol–water partition coefficient (Wildman–Crippen LogP) is 0.698. The van der Waals surface area contributed by atoms with Gasteiger partial charge in [-0.25, -0.2) is 0 Å². The molecule has 6 heteroatoms. The molecule has 0 spiro atoms. The average Bonchev–Trinajstić information content (AvgIpc) is 2.82. The van der Waals surface area contributed by atoms with E-state index in [4.69, 9.17) is 10.8 Å². The molecule has 0 aromatic carbocycles. The monoisotopic (exact) mass is 270 g/mol. The van der Waals surface area contributed by atoms with E-state index in [9.17, 15) is 14.7 Å². The SMILES string of the molecule is NC1(C(=O)O)CCC(NC2(C(=O)O)CCCC2)CC1. The fourth-order valence-electron chi connectivity index (χ4n) is 3.28. The Labute approximate surface area is 112 Å². The van der Waals surface area contributed by atoms with Crippen LogP contribution in [0.25, 0.3) is 0 Å². The summed E-state index contributed by atoms with van der Waals surface area (Å²) in [6, 6.07) is 0.0604. The summed E-state index contributed by atoms with van der Waals surface area (Å²) in [4.78, 5) is 22.5. The van der Waals surface area contributed by atoms with Crippen molar-refractivity contribution < 1.29 is 19.8 Å². The zero-order valence-corrected chi connectivity index (χ0v) is 11.0. The molecule has 108 valence electrons. The lowest BCUT2D eigenvalue weighted by Gasteiger charge is -2.38. The average molecular weight is 270 g/mol. The highest BCUT2D eigenvalue weighted by Crippen LogP contribution is 2.34. The third-order valence-electron chi connectivity index (χ3n) is 4.65. The van der Waals surface area contributed by atoms with E-state index in [2.05, 4.69) is 5.32 Å². The van der Waals surface area contributed by atoms with Gasteiger partial charge in [0.05, 0.1) is 0 Å². The molecule has 0 saturated heterocycles. The van der Waals surface area contributed by atoms with Crippen LogP contribution in [0.1, 0.15) is 51.4 Å². The summed E-state index contributed by atoms with van der Waals surface area (Å²) in [6.07, 6.45) is 5.22. The third kappa shape index (κ3) is 2.74. The largest absolute Gasteiger partial charge is 0.480 e. The van der Waals surface area contributed by atoms with Gasteiger partial charge in [-0.3, -0.25) is 14.9 Å². The van der Waals surface area contributed by atoms with Crippen molar-refractivity contribution in [1.29, 1.82) is 0 Å². The molecule has 5 N–H and O–H groups in total. The van der Waals surface area contributed by atoms with Crippen LogP contribution in [0.15, 0.2) is 0 Å². The molecule has 2 aliphatic carbocycles. The summed E-state index contributed by atoms with van der Waals surface area (Å²) in [7, 11) is 0. The smallest absolute Gasteiger partial charge is 0.323 e. The van der Waals surface area contributed by atoms with Gasteiger partial charge in [-0.1, -0.05) is 12.8 Å². The molecule has 0 amide bonds. The lowest BCUT2D eigenvalue weighted by molar-refractivity contribution is -0.147. The maximum Gasteiger partial charge on any atom is 0.323 e. The number of carboxylic acids is 2. The molecule has 0 unspecified atom stereocenters. The summed E-state index contributed by atoms with van der Waals surface area (Å²) < 4.78 is 0. The van der Waals surface area contributed by atoms with Gasteiger partial charge < -0.3 is 15.9 Å². The van der Waals surface area contributed by atoms with Crippen LogP contribution in [0.3, 0.4) is 0 Å². The molecule has 19 heavy (non-hydrogen) atoms. The van der Waals surface area contributed by atoms with Crippen molar-refractivity contribution in [3.05, 3.63) is 0 Å². The van der Waals surface area contributed by atoms with E-state index in [-0.39, 0.29) is 6.04 Å². The van der Waals surface area contributed by atoms with Crippen LogP contribution in [-0.2, 0) is 9.59 Å². The normalized spacial score (nSPS) is 34.1. The van der Waals surface area contributed by atoms with Crippen LogP contribution in [-0.4, -0.2) is 39.3 Å². The Kier molecular flexibility index (Phi) is 3.82. The van der Waals surface area contributed by atoms with Gasteiger partial charge in [-0.15, -0.1) is 0 Å². The van der Waals surface area contributed by atoms with Gasteiger partial charge in [0.1, 0.15) is 11.1 Å². The van der Waals surface area contributed by atoms with Crippen molar-refractivity contribution in [2.75, 3.05) is 0 Å². The van der Waals surface area contributed by atoms with E-state index in [1.165, 1.54) is 0 Å². The number of rotatable bonds is 4. The quantitative estimate of drug-likeness (QED) is 0.598.